The number of benzene rings is 2. The lowest BCUT2D eigenvalue weighted by Crippen LogP contribution is -2.27. The number of thioether (sulfide) groups is 1. The molecule has 0 aromatic heterocycles. The molecule has 2 aromatic rings. The highest BCUT2D eigenvalue weighted by atomic mass is 32.2. The maximum Gasteiger partial charge on any atom is 0.252 e. The highest BCUT2D eigenvalue weighted by molar-refractivity contribution is 7.99. The van der Waals surface area contributed by atoms with Gasteiger partial charge in [0.25, 0.3) is 5.91 Å². The molecule has 1 N–H and O–H groups in total. The minimum absolute atomic E-state index is 0.134. The van der Waals surface area contributed by atoms with Gasteiger partial charge in [0.2, 0.25) is 0 Å². The smallest absolute Gasteiger partial charge is 0.252 e. The number of nitrogens with zero attached hydrogens (tertiary/aromatic N) is 1. The van der Waals surface area contributed by atoms with Gasteiger partial charge in [-0.25, -0.2) is 5.43 Å². The van der Waals surface area contributed by atoms with Gasteiger partial charge >= 0.3 is 0 Å². The molecule has 2 rings (SSSR count). The van der Waals surface area contributed by atoms with Crippen molar-refractivity contribution in [1.29, 1.82) is 0 Å². The van der Waals surface area contributed by atoms with Crippen LogP contribution in [0.1, 0.15) is 18.1 Å². The molecule has 0 radical (unpaired) electrons. The van der Waals surface area contributed by atoms with E-state index >= 15 is 0 Å². The van der Waals surface area contributed by atoms with Crippen LogP contribution in [-0.4, -0.2) is 31.1 Å². The molecule has 1 amide bonds. The summed E-state index contributed by atoms with van der Waals surface area (Å²) in [6.07, 6.45) is 3.24. The predicted molar refractivity (Wildman–Crippen MR) is 112 cm³/mol. The summed E-state index contributed by atoms with van der Waals surface area (Å²) >= 11 is 1.57. The van der Waals surface area contributed by atoms with Gasteiger partial charge in [-0.15, -0.1) is 11.8 Å². The van der Waals surface area contributed by atoms with E-state index < -0.39 is 0 Å². The SMILES string of the molecule is C=CCOc1ccc(/C=N\NC(=O)[C@@H](C)SCc2ccccc2)cc1OC. The van der Waals surface area contributed by atoms with Crippen LogP contribution in [0.25, 0.3) is 0 Å². The van der Waals surface area contributed by atoms with Crippen molar-refractivity contribution >= 4 is 23.9 Å². The number of rotatable bonds is 10. The Hall–Kier alpha value is -2.73. The highest BCUT2D eigenvalue weighted by Gasteiger charge is 2.12. The fraction of sp³-hybridized carbons (Fsp3) is 0.238. The van der Waals surface area contributed by atoms with Crippen LogP contribution in [-0.2, 0) is 10.5 Å². The fourth-order valence-corrected chi connectivity index (χ4v) is 3.00. The number of amides is 1. The van der Waals surface area contributed by atoms with Crippen molar-refractivity contribution in [2.24, 2.45) is 5.10 Å². The monoisotopic (exact) mass is 384 g/mol. The van der Waals surface area contributed by atoms with Gasteiger partial charge < -0.3 is 9.47 Å². The largest absolute Gasteiger partial charge is 0.493 e. The van der Waals surface area contributed by atoms with Crippen LogP contribution in [0.4, 0.5) is 0 Å². The molecule has 6 heteroatoms. The zero-order chi connectivity index (χ0) is 19.5. The van der Waals surface area contributed by atoms with E-state index in [4.69, 9.17) is 9.47 Å². The predicted octanol–water partition coefficient (Wildman–Crippen LogP) is 4.03. The summed E-state index contributed by atoms with van der Waals surface area (Å²) in [5.74, 6) is 1.87. The number of hydrogen-bond acceptors (Lipinski definition) is 5. The van der Waals surface area contributed by atoms with Crippen molar-refractivity contribution in [1.82, 2.24) is 5.43 Å². The molecule has 2 aromatic carbocycles. The Kier molecular flexibility index (Phi) is 8.45. The third-order valence-electron chi connectivity index (χ3n) is 3.64. The Balaban J connectivity index is 1.86. The normalized spacial score (nSPS) is 11.8. The first-order valence-electron chi connectivity index (χ1n) is 8.54. The van der Waals surface area contributed by atoms with Gasteiger partial charge in [0.1, 0.15) is 6.61 Å². The Labute approximate surface area is 164 Å². The summed E-state index contributed by atoms with van der Waals surface area (Å²) in [4.78, 5) is 12.2. The second kappa shape index (κ2) is 11.1. The first-order chi connectivity index (χ1) is 13.1. The maximum atomic E-state index is 12.2. The lowest BCUT2D eigenvalue weighted by Gasteiger charge is -2.10. The van der Waals surface area contributed by atoms with Crippen molar-refractivity contribution in [2.75, 3.05) is 13.7 Å². The Morgan fingerprint density at radius 1 is 1.26 bits per heavy atom. The molecule has 27 heavy (non-hydrogen) atoms. The molecule has 0 saturated carbocycles. The quantitative estimate of drug-likeness (QED) is 0.382. The Morgan fingerprint density at radius 3 is 2.74 bits per heavy atom. The van der Waals surface area contributed by atoms with Gasteiger partial charge in [0.15, 0.2) is 11.5 Å². The molecular formula is C21H24N2O3S. The Morgan fingerprint density at radius 2 is 2.04 bits per heavy atom. The lowest BCUT2D eigenvalue weighted by atomic mass is 10.2. The molecule has 5 nitrogen and oxygen atoms in total. The summed E-state index contributed by atoms with van der Waals surface area (Å²) in [6.45, 7) is 5.89. The van der Waals surface area contributed by atoms with E-state index in [0.717, 1.165) is 11.3 Å². The van der Waals surface area contributed by atoms with Gasteiger partial charge in [0.05, 0.1) is 18.6 Å². The summed E-state index contributed by atoms with van der Waals surface area (Å²) in [7, 11) is 1.57. The number of hydrazone groups is 1. The molecule has 142 valence electrons. The van der Waals surface area contributed by atoms with Gasteiger partial charge in [-0.1, -0.05) is 43.0 Å². The van der Waals surface area contributed by atoms with E-state index in [1.807, 2.05) is 43.3 Å². The van der Waals surface area contributed by atoms with Gasteiger partial charge in [-0.2, -0.15) is 5.10 Å². The molecule has 0 aliphatic rings. The van der Waals surface area contributed by atoms with Gasteiger partial charge in [-0.05, 0) is 36.2 Å². The van der Waals surface area contributed by atoms with Crippen LogP contribution in [0.5, 0.6) is 11.5 Å². The molecule has 0 bridgehead atoms. The van der Waals surface area contributed by atoms with Crippen molar-refractivity contribution in [3.8, 4) is 11.5 Å². The maximum absolute atomic E-state index is 12.2. The van der Waals surface area contributed by atoms with Crippen molar-refractivity contribution in [2.45, 2.75) is 17.9 Å². The summed E-state index contributed by atoms with van der Waals surface area (Å²) < 4.78 is 10.8. The number of carbonyl (C=O) groups excluding carboxylic acids is 1. The van der Waals surface area contributed by atoms with Crippen molar-refractivity contribution < 1.29 is 14.3 Å². The molecule has 0 aliphatic heterocycles. The van der Waals surface area contributed by atoms with E-state index in [-0.39, 0.29) is 11.2 Å². The lowest BCUT2D eigenvalue weighted by molar-refractivity contribution is -0.120. The van der Waals surface area contributed by atoms with E-state index in [1.165, 1.54) is 5.56 Å². The second-order valence-corrected chi connectivity index (χ2v) is 7.01. The van der Waals surface area contributed by atoms with Crippen molar-refractivity contribution in [3.05, 3.63) is 72.3 Å². The van der Waals surface area contributed by atoms with Crippen LogP contribution in [0, 0.1) is 0 Å². The standard InChI is InChI=1S/C21H24N2O3S/c1-4-12-26-19-11-10-18(13-20(19)25-3)14-22-23-21(24)16(2)27-15-17-8-6-5-7-9-17/h4-11,13-14,16H,1,12,15H2,2-3H3,(H,23,24)/b22-14-/t16-/m1/s1. The number of ether oxygens (including phenoxy) is 2. The van der Waals surface area contributed by atoms with Crippen LogP contribution in [0.2, 0.25) is 0 Å². The Bertz CT molecular complexity index is 778. The molecule has 0 fully saturated rings. The van der Waals surface area contributed by atoms with E-state index in [9.17, 15) is 4.79 Å². The van der Waals surface area contributed by atoms with Gasteiger partial charge in [0, 0.05) is 5.75 Å². The molecule has 0 saturated heterocycles. The topological polar surface area (TPSA) is 59.9 Å². The molecule has 0 spiro atoms. The van der Waals surface area contributed by atoms with Crippen molar-refractivity contribution in [3.63, 3.8) is 0 Å². The third kappa shape index (κ3) is 6.83. The van der Waals surface area contributed by atoms with E-state index in [0.29, 0.717) is 18.1 Å². The molecular weight excluding hydrogens is 360 g/mol. The number of carbonyl (C=O) groups is 1. The second-order valence-electron chi connectivity index (χ2n) is 5.68. The van der Waals surface area contributed by atoms with Crippen LogP contribution >= 0.6 is 11.8 Å². The number of hydrogen-bond donors (Lipinski definition) is 1. The number of methoxy groups -OCH3 is 1. The number of nitrogens with one attached hydrogen (secondary N) is 1. The van der Waals surface area contributed by atoms with Crippen LogP contribution in [0.3, 0.4) is 0 Å². The van der Waals surface area contributed by atoms with Gasteiger partial charge in [-0.3, -0.25) is 4.79 Å². The first kappa shape index (κ1) is 20.6. The average Bonchev–Trinajstić information content (AvgIpc) is 2.71. The average molecular weight is 385 g/mol. The highest BCUT2D eigenvalue weighted by Crippen LogP contribution is 2.27. The minimum atomic E-state index is -0.202. The third-order valence-corrected chi connectivity index (χ3v) is 4.86. The first-order valence-corrected chi connectivity index (χ1v) is 9.59. The van der Waals surface area contributed by atoms with Crippen LogP contribution in [0.15, 0.2) is 66.3 Å². The van der Waals surface area contributed by atoms with Crippen LogP contribution < -0.4 is 14.9 Å². The molecule has 0 unspecified atom stereocenters. The summed E-state index contributed by atoms with van der Waals surface area (Å²) in [5, 5.41) is 3.83. The summed E-state index contributed by atoms with van der Waals surface area (Å²) in [5.41, 5.74) is 4.56. The zero-order valence-electron chi connectivity index (χ0n) is 15.6. The molecule has 0 heterocycles. The zero-order valence-corrected chi connectivity index (χ0v) is 16.4. The van der Waals surface area contributed by atoms with E-state index in [1.54, 1.807) is 43.3 Å². The molecule has 0 aliphatic carbocycles. The minimum Gasteiger partial charge on any atom is -0.493 e. The summed E-state index contributed by atoms with van der Waals surface area (Å²) in [6, 6.07) is 15.5. The molecule has 1 atom stereocenters. The fourth-order valence-electron chi connectivity index (χ4n) is 2.16. The van der Waals surface area contributed by atoms with E-state index in [2.05, 4.69) is 17.1 Å².